The molecule has 0 bridgehead atoms. The maximum Gasteiger partial charge on any atom is 0.238 e. The third-order valence-corrected chi connectivity index (χ3v) is 7.10. The zero-order chi connectivity index (χ0) is 22.9. The summed E-state index contributed by atoms with van der Waals surface area (Å²) in [6, 6.07) is 18.3. The van der Waals surface area contributed by atoms with Crippen LogP contribution in [0.2, 0.25) is 0 Å². The molecule has 0 aliphatic carbocycles. The van der Waals surface area contributed by atoms with E-state index in [4.69, 9.17) is 4.74 Å². The third-order valence-electron chi connectivity index (χ3n) is 5.95. The van der Waals surface area contributed by atoms with Crippen molar-refractivity contribution in [2.45, 2.75) is 10.6 Å². The molecular formula is C25H32N4O3S. The van der Waals surface area contributed by atoms with Gasteiger partial charge in [-0.1, -0.05) is 42.5 Å². The number of carbonyl (C=O) groups excluding carboxylic acids is 2. The van der Waals surface area contributed by atoms with Crippen LogP contribution in [0.3, 0.4) is 0 Å². The molecule has 0 atom stereocenters. The Hall–Kier alpha value is -2.39. The van der Waals surface area contributed by atoms with Crippen molar-refractivity contribution >= 4 is 29.3 Å². The maximum atomic E-state index is 12.7. The second-order valence-electron chi connectivity index (χ2n) is 8.36. The number of carbonyl (C=O) groups is 2. The number of ether oxygens (including phenoxy) is 1. The molecule has 2 saturated heterocycles. The molecule has 7 nitrogen and oxygen atoms in total. The molecule has 0 unspecified atom stereocenters. The molecule has 4 rings (SSSR count). The average Bonchev–Trinajstić information content (AvgIpc) is 2.86. The highest BCUT2D eigenvalue weighted by molar-refractivity contribution is 7.98. The predicted molar refractivity (Wildman–Crippen MR) is 131 cm³/mol. The lowest BCUT2D eigenvalue weighted by atomic mass is 10.2. The first kappa shape index (κ1) is 23.8. The highest BCUT2D eigenvalue weighted by Crippen LogP contribution is 2.29. The summed E-state index contributed by atoms with van der Waals surface area (Å²) in [5.41, 5.74) is 2.12. The van der Waals surface area contributed by atoms with Gasteiger partial charge in [0.05, 0.1) is 32.0 Å². The van der Waals surface area contributed by atoms with Crippen molar-refractivity contribution in [1.82, 2.24) is 14.7 Å². The first-order valence-electron chi connectivity index (χ1n) is 11.5. The van der Waals surface area contributed by atoms with E-state index in [0.717, 1.165) is 42.5 Å². The quantitative estimate of drug-likeness (QED) is 0.601. The van der Waals surface area contributed by atoms with Gasteiger partial charge in [0.25, 0.3) is 0 Å². The SMILES string of the molecule is O=C(CN1CCN(CC(=O)N2CCOCC2)CC1)Nc1ccccc1SCc1ccccc1. The Kier molecular flexibility index (Phi) is 8.77. The van der Waals surface area contributed by atoms with Crippen molar-refractivity contribution in [1.29, 1.82) is 0 Å². The summed E-state index contributed by atoms with van der Waals surface area (Å²) in [4.78, 5) is 32.5. The van der Waals surface area contributed by atoms with Crippen molar-refractivity contribution < 1.29 is 14.3 Å². The van der Waals surface area contributed by atoms with Gasteiger partial charge in [0.1, 0.15) is 0 Å². The highest BCUT2D eigenvalue weighted by atomic mass is 32.2. The van der Waals surface area contributed by atoms with E-state index in [-0.39, 0.29) is 11.8 Å². The van der Waals surface area contributed by atoms with E-state index in [0.29, 0.717) is 39.4 Å². The zero-order valence-corrected chi connectivity index (χ0v) is 19.8. The molecule has 1 N–H and O–H groups in total. The lowest BCUT2D eigenvalue weighted by Gasteiger charge is -2.35. The van der Waals surface area contributed by atoms with Gasteiger partial charge in [-0.25, -0.2) is 0 Å². The lowest BCUT2D eigenvalue weighted by molar-refractivity contribution is -0.137. The molecule has 0 radical (unpaired) electrons. The minimum absolute atomic E-state index is 0.000559. The highest BCUT2D eigenvalue weighted by Gasteiger charge is 2.24. The van der Waals surface area contributed by atoms with Crippen molar-refractivity contribution in [3.63, 3.8) is 0 Å². The topological polar surface area (TPSA) is 65.1 Å². The molecule has 0 spiro atoms. The fourth-order valence-corrected chi connectivity index (χ4v) is 5.00. The molecule has 2 aliphatic rings. The summed E-state index contributed by atoms with van der Waals surface area (Å²) in [5.74, 6) is 1.04. The van der Waals surface area contributed by atoms with Crippen molar-refractivity contribution in [2.75, 3.05) is 70.9 Å². The van der Waals surface area contributed by atoms with Crippen molar-refractivity contribution in [2.24, 2.45) is 0 Å². The van der Waals surface area contributed by atoms with Crippen LogP contribution in [0.15, 0.2) is 59.5 Å². The molecule has 33 heavy (non-hydrogen) atoms. The van der Waals surface area contributed by atoms with E-state index >= 15 is 0 Å². The maximum absolute atomic E-state index is 12.7. The minimum atomic E-state index is 0.000559. The first-order valence-corrected chi connectivity index (χ1v) is 12.5. The number of thioether (sulfide) groups is 1. The summed E-state index contributed by atoms with van der Waals surface area (Å²) >= 11 is 1.73. The van der Waals surface area contributed by atoms with Gasteiger partial charge in [0.15, 0.2) is 0 Å². The van der Waals surface area contributed by atoms with E-state index in [1.807, 2.05) is 47.4 Å². The Labute approximate surface area is 200 Å². The fraction of sp³-hybridized carbons (Fsp3) is 0.440. The van der Waals surface area contributed by atoms with E-state index in [1.54, 1.807) is 11.8 Å². The van der Waals surface area contributed by atoms with Gasteiger partial charge in [-0.15, -0.1) is 11.8 Å². The van der Waals surface area contributed by atoms with E-state index in [1.165, 1.54) is 5.56 Å². The normalized spacial score (nSPS) is 17.6. The van der Waals surface area contributed by atoms with Gasteiger partial charge in [-0.3, -0.25) is 19.4 Å². The summed E-state index contributed by atoms with van der Waals surface area (Å²) in [6.07, 6.45) is 0. The van der Waals surface area contributed by atoms with Crippen LogP contribution in [-0.4, -0.2) is 92.1 Å². The monoisotopic (exact) mass is 468 g/mol. The summed E-state index contributed by atoms with van der Waals surface area (Å²) in [7, 11) is 0. The zero-order valence-electron chi connectivity index (χ0n) is 18.9. The van der Waals surface area contributed by atoms with Gasteiger partial charge in [0, 0.05) is 49.9 Å². The van der Waals surface area contributed by atoms with E-state index in [2.05, 4.69) is 27.2 Å². The number of piperazine rings is 1. The number of benzene rings is 2. The third kappa shape index (κ3) is 7.30. The Morgan fingerprint density at radius 1 is 0.818 bits per heavy atom. The standard InChI is InChI=1S/C25H32N4O3S/c30-24(26-22-8-4-5-9-23(22)33-20-21-6-2-1-3-7-21)18-27-10-12-28(13-11-27)19-25(31)29-14-16-32-17-15-29/h1-9H,10-20H2,(H,26,30). The smallest absolute Gasteiger partial charge is 0.238 e. The number of para-hydroxylation sites is 1. The van der Waals surface area contributed by atoms with Crippen LogP contribution in [0.4, 0.5) is 5.69 Å². The van der Waals surface area contributed by atoms with Crippen LogP contribution in [0.25, 0.3) is 0 Å². The average molecular weight is 469 g/mol. The molecule has 2 aliphatic heterocycles. The van der Waals surface area contributed by atoms with Crippen molar-refractivity contribution in [3.8, 4) is 0 Å². The van der Waals surface area contributed by atoms with Crippen LogP contribution in [-0.2, 0) is 20.1 Å². The number of hydrogen-bond acceptors (Lipinski definition) is 6. The van der Waals surface area contributed by atoms with Gasteiger partial charge in [-0.2, -0.15) is 0 Å². The number of amides is 2. The predicted octanol–water partition coefficient (Wildman–Crippen LogP) is 2.39. The largest absolute Gasteiger partial charge is 0.378 e. The van der Waals surface area contributed by atoms with Crippen LogP contribution < -0.4 is 5.32 Å². The van der Waals surface area contributed by atoms with Crippen LogP contribution in [0, 0.1) is 0 Å². The molecule has 176 valence electrons. The van der Waals surface area contributed by atoms with Gasteiger partial charge in [-0.05, 0) is 17.7 Å². The molecule has 0 saturated carbocycles. The Morgan fingerprint density at radius 3 is 2.18 bits per heavy atom. The molecule has 2 aromatic carbocycles. The molecule has 2 heterocycles. The molecule has 0 aromatic heterocycles. The molecule has 2 fully saturated rings. The molecule has 8 heteroatoms. The van der Waals surface area contributed by atoms with E-state index in [9.17, 15) is 9.59 Å². The number of morpholine rings is 1. The van der Waals surface area contributed by atoms with Crippen LogP contribution in [0.5, 0.6) is 0 Å². The number of hydrogen-bond donors (Lipinski definition) is 1. The second-order valence-corrected chi connectivity index (χ2v) is 9.38. The Morgan fingerprint density at radius 2 is 1.45 bits per heavy atom. The lowest BCUT2D eigenvalue weighted by Crippen LogP contribution is -2.52. The number of nitrogens with zero attached hydrogens (tertiary/aromatic N) is 3. The van der Waals surface area contributed by atoms with E-state index < -0.39 is 0 Å². The van der Waals surface area contributed by atoms with Crippen LogP contribution >= 0.6 is 11.8 Å². The molecule has 2 amide bonds. The Bertz CT molecular complexity index is 913. The van der Waals surface area contributed by atoms with Crippen LogP contribution in [0.1, 0.15) is 5.56 Å². The number of rotatable bonds is 8. The number of anilines is 1. The van der Waals surface area contributed by atoms with Gasteiger partial charge >= 0.3 is 0 Å². The van der Waals surface area contributed by atoms with Crippen molar-refractivity contribution in [3.05, 3.63) is 60.2 Å². The summed E-state index contributed by atoms with van der Waals surface area (Å²) in [5, 5.41) is 3.09. The summed E-state index contributed by atoms with van der Waals surface area (Å²) < 4.78 is 5.32. The minimum Gasteiger partial charge on any atom is -0.378 e. The first-order chi connectivity index (χ1) is 16.2. The fourth-order valence-electron chi connectivity index (χ4n) is 4.03. The summed E-state index contributed by atoms with van der Waals surface area (Å²) in [6.45, 7) is 6.61. The second kappa shape index (κ2) is 12.2. The molecular weight excluding hydrogens is 436 g/mol. The number of nitrogens with one attached hydrogen (secondary N) is 1. The van der Waals surface area contributed by atoms with Gasteiger partial charge in [0.2, 0.25) is 11.8 Å². The molecule has 2 aromatic rings. The Balaban J connectivity index is 1.21. The van der Waals surface area contributed by atoms with Gasteiger partial charge < -0.3 is 15.0 Å².